The van der Waals surface area contributed by atoms with Crippen molar-refractivity contribution in [1.29, 1.82) is 0 Å². The summed E-state index contributed by atoms with van der Waals surface area (Å²) in [6, 6.07) is 8.21. The molecule has 0 amide bonds. The van der Waals surface area contributed by atoms with Crippen LogP contribution < -0.4 is 5.32 Å². The summed E-state index contributed by atoms with van der Waals surface area (Å²) in [6.45, 7) is 5.71. The quantitative estimate of drug-likeness (QED) is 0.473. The van der Waals surface area contributed by atoms with Gasteiger partial charge in [-0.15, -0.1) is 10.2 Å². The van der Waals surface area contributed by atoms with E-state index in [0.717, 1.165) is 35.2 Å². The molecule has 29 heavy (non-hydrogen) atoms. The topological polar surface area (TPSA) is 73.0 Å². The summed E-state index contributed by atoms with van der Waals surface area (Å²) in [5, 5.41) is 12.1. The van der Waals surface area contributed by atoms with Crippen molar-refractivity contribution < 1.29 is 4.74 Å². The summed E-state index contributed by atoms with van der Waals surface area (Å²) in [5.41, 5.74) is 4.41. The van der Waals surface area contributed by atoms with Crippen molar-refractivity contribution in [1.82, 2.24) is 34.8 Å². The minimum Gasteiger partial charge on any atom is -0.385 e. The van der Waals surface area contributed by atoms with Crippen molar-refractivity contribution >= 4 is 17.3 Å². The van der Waals surface area contributed by atoms with Crippen LogP contribution >= 0.6 is 12.2 Å². The zero-order valence-electron chi connectivity index (χ0n) is 16.8. The molecule has 152 valence electrons. The highest BCUT2D eigenvalue weighted by Gasteiger charge is 2.41. The maximum atomic E-state index is 5.72. The lowest BCUT2D eigenvalue weighted by atomic mass is 9.96. The average Bonchev–Trinajstić information content (AvgIpc) is 3.42. The van der Waals surface area contributed by atoms with E-state index < -0.39 is 0 Å². The first-order valence-electron chi connectivity index (χ1n) is 9.63. The van der Waals surface area contributed by atoms with Gasteiger partial charge in [-0.2, -0.15) is 0 Å². The largest absolute Gasteiger partial charge is 0.385 e. The Hall–Kier alpha value is -2.78. The number of methoxy groups -OCH3 is 1. The van der Waals surface area contributed by atoms with Crippen LogP contribution in [0.15, 0.2) is 43.1 Å². The number of hydrogen-bond acceptors (Lipinski definition) is 5. The number of nitrogens with zero attached hydrogens (tertiary/aromatic N) is 6. The number of thiocarbonyl (C=S) groups is 1. The van der Waals surface area contributed by atoms with Crippen molar-refractivity contribution in [3.63, 3.8) is 0 Å². The minimum atomic E-state index is -0.0268. The van der Waals surface area contributed by atoms with Crippen LogP contribution in [-0.2, 0) is 4.74 Å². The molecule has 4 rings (SSSR count). The number of rotatable bonds is 7. The Labute approximate surface area is 175 Å². The molecule has 9 heteroatoms. The van der Waals surface area contributed by atoms with Gasteiger partial charge < -0.3 is 15.0 Å². The number of hydrogen-bond donors (Lipinski definition) is 1. The van der Waals surface area contributed by atoms with Gasteiger partial charge in [0.25, 0.3) is 0 Å². The second kappa shape index (κ2) is 8.30. The van der Waals surface area contributed by atoms with Gasteiger partial charge >= 0.3 is 0 Å². The van der Waals surface area contributed by atoms with Crippen molar-refractivity contribution in [2.45, 2.75) is 32.4 Å². The van der Waals surface area contributed by atoms with Crippen LogP contribution in [0, 0.1) is 13.8 Å². The first-order valence-corrected chi connectivity index (χ1v) is 10.0. The number of nitrogens with one attached hydrogen (secondary N) is 1. The number of aryl methyl sites for hydroxylation is 1. The molecule has 1 saturated heterocycles. The molecule has 3 aromatic heterocycles. The Kier molecular flexibility index (Phi) is 5.59. The number of aromatic nitrogens is 5. The maximum absolute atomic E-state index is 5.72. The van der Waals surface area contributed by atoms with Gasteiger partial charge in [0.2, 0.25) is 0 Å². The van der Waals surface area contributed by atoms with Gasteiger partial charge in [0, 0.05) is 43.4 Å². The van der Waals surface area contributed by atoms with Crippen molar-refractivity contribution in [2.24, 2.45) is 0 Å². The predicted octanol–water partition coefficient (Wildman–Crippen LogP) is 2.41. The molecule has 1 aliphatic rings. The van der Waals surface area contributed by atoms with Crippen LogP contribution in [0.25, 0.3) is 0 Å². The zero-order valence-corrected chi connectivity index (χ0v) is 17.6. The third kappa shape index (κ3) is 3.63. The molecule has 3 aromatic rings. The van der Waals surface area contributed by atoms with Gasteiger partial charge in [0.1, 0.15) is 12.7 Å². The molecule has 0 saturated carbocycles. The van der Waals surface area contributed by atoms with Gasteiger partial charge in [-0.3, -0.25) is 9.66 Å². The normalized spacial score (nSPS) is 19.0. The smallest absolute Gasteiger partial charge is 0.170 e. The number of ether oxygens (including phenoxy) is 1. The molecular formula is C20H25N7OS. The van der Waals surface area contributed by atoms with Gasteiger partial charge in [-0.1, -0.05) is 6.07 Å². The molecule has 8 nitrogen and oxygen atoms in total. The molecule has 0 spiro atoms. The molecule has 0 aromatic carbocycles. The predicted molar refractivity (Wildman–Crippen MR) is 113 cm³/mol. The molecule has 1 fully saturated rings. The van der Waals surface area contributed by atoms with Crippen LogP contribution in [0.2, 0.25) is 0 Å². The summed E-state index contributed by atoms with van der Waals surface area (Å²) in [4.78, 5) is 6.86. The lowest BCUT2D eigenvalue weighted by Crippen LogP contribution is -2.31. The van der Waals surface area contributed by atoms with Crippen LogP contribution in [0.3, 0.4) is 0 Å². The van der Waals surface area contributed by atoms with E-state index in [0.29, 0.717) is 6.61 Å². The molecule has 0 unspecified atom stereocenters. The SMILES string of the molecule is COCCCN1C(=S)N[C@@H](c2ccccn2)[C@H]1c1cc(C)n(-n2cnnc2)c1C. The molecule has 0 bridgehead atoms. The van der Waals surface area contributed by atoms with E-state index in [1.165, 1.54) is 5.56 Å². The fourth-order valence-electron chi connectivity index (χ4n) is 4.09. The van der Waals surface area contributed by atoms with Crippen LogP contribution in [-0.4, -0.2) is 54.8 Å². The standard InChI is InChI=1S/C20H25N7OS/c1-14-11-16(15(2)27(14)25-12-22-23-13-25)19-18(17-7-4-5-8-21-17)24-20(29)26(19)9-6-10-28-3/h4-5,7-8,11-13,18-19H,6,9-10H2,1-3H3,(H,24,29)/t18-,19+/m0/s1. The highest BCUT2D eigenvalue weighted by molar-refractivity contribution is 7.80. The van der Waals surface area contributed by atoms with Crippen molar-refractivity contribution in [3.05, 3.63) is 65.8 Å². The van der Waals surface area contributed by atoms with Crippen LogP contribution in [0.1, 0.15) is 41.1 Å². The summed E-state index contributed by atoms with van der Waals surface area (Å²) in [7, 11) is 1.72. The van der Waals surface area contributed by atoms with Crippen LogP contribution in [0.4, 0.5) is 0 Å². The van der Waals surface area contributed by atoms with E-state index in [1.807, 2.05) is 29.1 Å². The fourth-order valence-corrected chi connectivity index (χ4v) is 4.43. The van der Waals surface area contributed by atoms with Crippen LogP contribution in [0.5, 0.6) is 0 Å². The lowest BCUT2D eigenvalue weighted by Gasteiger charge is -2.28. The molecule has 2 atom stereocenters. The molecule has 1 aliphatic heterocycles. The summed E-state index contributed by atoms with van der Waals surface area (Å²) in [6.07, 6.45) is 6.13. The fraction of sp³-hybridized carbons (Fsp3) is 0.400. The number of pyridine rings is 1. The Morgan fingerprint density at radius 1 is 1.21 bits per heavy atom. The molecule has 0 radical (unpaired) electrons. The first-order chi connectivity index (χ1) is 14.1. The average molecular weight is 412 g/mol. The third-order valence-electron chi connectivity index (χ3n) is 5.34. The van der Waals surface area contributed by atoms with E-state index in [-0.39, 0.29) is 12.1 Å². The summed E-state index contributed by atoms with van der Waals surface area (Å²) >= 11 is 5.72. The Balaban J connectivity index is 1.77. The van der Waals surface area contributed by atoms with Crippen molar-refractivity contribution in [2.75, 3.05) is 20.3 Å². The van der Waals surface area contributed by atoms with Gasteiger partial charge in [0.05, 0.1) is 17.8 Å². The second-order valence-electron chi connectivity index (χ2n) is 7.15. The van der Waals surface area contributed by atoms with E-state index in [1.54, 1.807) is 19.8 Å². The lowest BCUT2D eigenvalue weighted by molar-refractivity contribution is 0.180. The van der Waals surface area contributed by atoms with Gasteiger partial charge in [0.15, 0.2) is 5.11 Å². The van der Waals surface area contributed by atoms with Gasteiger partial charge in [-0.25, -0.2) is 4.68 Å². The molecule has 4 heterocycles. The van der Waals surface area contributed by atoms with E-state index >= 15 is 0 Å². The van der Waals surface area contributed by atoms with E-state index in [2.05, 4.69) is 50.0 Å². The van der Waals surface area contributed by atoms with Crippen molar-refractivity contribution in [3.8, 4) is 0 Å². The highest BCUT2D eigenvalue weighted by Crippen LogP contribution is 2.40. The third-order valence-corrected chi connectivity index (χ3v) is 5.69. The summed E-state index contributed by atoms with van der Waals surface area (Å²) in [5.74, 6) is 0. The van der Waals surface area contributed by atoms with Gasteiger partial charge in [-0.05, 0) is 50.7 Å². The Bertz CT molecular complexity index is 970. The maximum Gasteiger partial charge on any atom is 0.170 e. The highest BCUT2D eigenvalue weighted by atomic mass is 32.1. The molecule has 0 aliphatic carbocycles. The Morgan fingerprint density at radius 2 is 2.00 bits per heavy atom. The molecular weight excluding hydrogens is 386 g/mol. The molecule has 1 N–H and O–H groups in total. The van der Waals surface area contributed by atoms with E-state index in [4.69, 9.17) is 17.0 Å². The zero-order chi connectivity index (χ0) is 20.4. The van der Waals surface area contributed by atoms with E-state index in [9.17, 15) is 0 Å². The summed E-state index contributed by atoms with van der Waals surface area (Å²) < 4.78 is 9.26. The monoisotopic (exact) mass is 411 g/mol. The first kappa shape index (κ1) is 19.5. The second-order valence-corrected chi connectivity index (χ2v) is 7.53. The Morgan fingerprint density at radius 3 is 2.69 bits per heavy atom. The minimum absolute atomic E-state index is 0.0268.